The minimum atomic E-state index is -4.41. The Morgan fingerprint density at radius 3 is 2.55 bits per heavy atom. The van der Waals surface area contributed by atoms with Crippen LogP contribution in [-0.2, 0) is 10.9 Å². The number of hydrogen-bond donors (Lipinski definition) is 1. The highest BCUT2D eigenvalue weighted by atomic mass is 19.4. The third-order valence-corrected chi connectivity index (χ3v) is 3.43. The van der Waals surface area contributed by atoms with E-state index in [-0.39, 0.29) is 0 Å². The number of ether oxygens (including phenoxy) is 1. The predicted molar refractivity (Wildman–Crippen MR) is 67.7 cm³/mol. The van der Waals surface area contributed by atoms with Crippen LogP contribution in [0.25, 0.3) is 0 Å². The van der Waals surface area contributed by atoms with Crippen molar-refractivity contribution in [3.05, 3.63) is 35.4 Å². The van der Waals surface area contributed by atoms with Crippen LogP contribution in [0.4, 0.5) is 13.2 Å². The van der Waals surface area contributed by atoms with E-state index >= 15 is 0 Å². The van der Waals surface area contributed by atoms with Crippen LogP contribution in [-0.4, -0.2) is 56.8 Å². The van der Waals surface area contributed by atoms with Crippen molar-refractivity contribution in [3.63, 3.8) is 0 Å². The van der Waals surface area contributed by atoms with E-state index in [2.05, 4.69) is 25.6 Å². The van der Waals surface area contributed by atoms with Gasteiger partial charge in [-0.25, -0.2) is 5.10 Å². The quantitative estimate of drug-likeness (QED) is 0.912. The number of aromatic amines is 1. The van der Waals surface area contributed by atoms with Crippen molar-refractivity contribution in [2.75, 3.05) is 26.3 Å². The standard InChI is InChI=1S/C12H13F3N6O/c13-12(14,15)8-1-2-9(16-7-8)10(11-17-19-20-18-11)21-3-5-22-6-4-21/h1-2,7,10H,3-6H2,(H,17,18,19,20)/t10-/m0/s1. The van der Waals surface area contributed by atoms with Gasteiger partial charge in [-0.3, -0.25) is 9.88 Å². The molecule has 118 valence electrons. The number of H-pyrrole nitrogens is 1. The lowest BCUT2D eigenvalue weighted by atomic mass is 10.1. The minimum Gasteiger partial charge on any atom is -0.379 e. The second-order valence-corrected chi connectivity index (χ2v) is 4.81. The summed E-state index contributed by atoms with van der Waals surface area (Å²) in [6, 6.07) is 1.94. The van der Waals surface area contributed by atoms with Gasteiger partial charge in [-0.1, -0.05) is 0 Å². The summed E-state index contributed by atoms with van der Waals surface area (Å²) in [5.41, 5.74) is -0.332. The molecule has 10 heteroatoms. The molecule has 1 aliphatic rings. The number of alkyl halides is 3. The van der Waals surface area contributed by atoms with Crippen LogP contribution in [0.2, 0.25) is 0 Å². The summed E-state index contributed by atoms with van der Waals surface area (Å²) in [5.74, 6) is 0.439. The Morgan fingerprint density at radius 1 is 1.23 bits per heavy atom. The summed E-state index contributed by atoms with van der Waals surface area (Å²) in [7, 11) is 0. The maximum atomic E-state index is 12.6. The van der Waals surface area contributed by atoms with Gasteiger partial charge in [-0.15, -0.1) is 5.10 Å². The number of aromatic nitrogens is 5. The molecular weight excluding hydrogens is 301 g/mol. The van der Waals surface area contributed by atoms with E-state index in [1.165, 1.54) is 6.07 Å². The average Bonchev–Trinajstić information content (AvgIpc) is 3.02. The van der Waals surface area contributed by atoms with Crippen LogP contribution in [0.1, 0.15) is 23.1 Å². The van der Waals surface area contributed by atoms with E-state index < -0.39 is 17.8 Å². The summed E-state index contributed by atoms with van der Waals surface area (Å²) in [6.07, 6.45) is -3.58. The van der Waals surface area contributed by atoms with Crippen LogP contribution in [0, 0.1) is 0 Å². The molecule has 22 heavy (non-hydrogen) atoms. The van der Waals surface area contributed by atoms with Gasteiger partial charge in [-0.2, -0.15) is 13.2 Å². The zero-order valence-corrected chi connectivity index (χ0v) is 11.4. The van der Waals surface area contributed by atoms with Gasteiger partial charge in [0.15, 0.2) is 5.82 Å². The molecule has 2 aromatic rings. The molecule has 0 amide bonds. The van der Waals surface area contributed by atoms with E-state index in [1.54, 1.807) is 0 Å². The van der Waals surface area contributed by atoms with Crippen LogP contribution in [0.15, 0.2) is 18.3 Å². The maximum absolute atomic E-state index is 12.6. The first-order valence-electron chi connectivity index (χ1n) is 6.64. The Labute approximate surface area is 123 Å². The van der Waals surface area contributed by atoms with E-state index in [1.807, 2.05) is 4.90 Å². The molecule has 2 aromatic heterocycles. The number of tetrazole rings is 1. The molecule has 0 spiro atoms. The van der Waals surface area contributed by atoms with E-state index in [0.29, 0.717) is 37.8 Å². The monoisotopic (exact) mass is 314 g/mol. The van der Waals surface area contributed by atoms with Crippen molar-refractivity contribution in [3.8, 4) is 0 Å². The number of nitrogens with one attached hydrogen (secondary N) is 1. The van der Waals surface area contributed by atoms with Crippen molar-refractivity contribution in [2.24, 2.45) is 0 Å². The molecule has 0 unspecified atom stereocenters. The predicted octanol–water partition coefficient (Wildman–Crippen LogP) is 1.04. The number of rotatable bonds is 3. The summed E-state index contributed by atoms with van der Waals surface area (Å²) >= 11 is 0. The van der Waals surface area contributed by atoms with Gasteiger partial charge in [0.25, 0.3) is 0 Å². The summed E-state index contributed by atoms with van der Waals surface area (Å²) < 4.78 is 43.2. The van der Waals surface area contributed by atoms with E-state index in [0.717, 1.165) is 12.3 Å². The number of halogens is 3. The molecule has 0 aliphatic carbocycles. The Hall–Kier alpha value is -2.07. The summed E-state index contributed by atoms with van der Waals surface area (Å²) in [4.78, 5) is 5.97. The number of nitrogens with zero attached hydrogens (tertiary/aromatic N) is 5. The van der Waals surface area contributed by atoms with Crippen LogP contribution in [0.5, 0.6) is 0 Å². The normalized spacial score (nSPS) is 18.3. The molecule has 0 saturated carbocycles. The average molecular weight is 314 g/mol. The Kier molecular flexibility index (Phi) is 4.03. The summed E-state index contributed by atoms with van der Waals surface area (Å²) in [5, 5.41) is 13.6. The molecule has 3 heterocycles. The SMILES string of the molecule is FC(F)(F)c1ccc([C@@H](c2nnn[nH]2)N2CCOCC2)nc1. The fourth-order valence-corrected chi connectivity index (χ4v) is 2.35. The molecule has 0 aromatic carbocycles. The molecule has 1 saturated heterocycles. The van der Waals surface area contributed by atoms with Gasteiger partial charge < -0.3 is 4.74 Å². The lowest BCUT2D eigenvalue weighted by Crippen LogP contribution is -2.40. The summed E-state index contributed by atoms with van der Waals surface area (Å²) in [6.45, 7) is 2.32. The lowest BCUT2D eigenvalue weighted by Gasteiger charge is -2.32. The first-order chi connectivity index (χ1) is 10.6. The minimum absolute atomic E-state index is 0.429. The van der Waals surface area contributed by atoms with Crippen molar-refractivity contribution in [2.45, 2.75) is 12.2 Å². The van der Waals surface area contributed by atoms with Crippen molar-refractivity contribution in [1.82, 2.24) is 30.5 Å². The molecule has 1 fully saturated rings. The second-order valence-electron chi connectivity index (χ2n) is 4.81. The number of hydrogen-bond acceptors (Lipinski definition) is 6. The molecule has 7 nitrogen and oxygen atoms in total. The fourth-order valence-electron chi connectivity index (χ4n) is 2.35. The zero-order chi connectivity index (χ0) is 15.6. The van der Waals surface area contributed by atoms with Crippen LogP contribution < -0.4 is 0 Å². The highest BCUT2D eigenvalue weighted by Crippen LogP contribution is 2.30. The molecular formula is C12H13F3N6O. The lowest BCUT2D eigenvalue weighted by molar-refractivity contribution is -0.137. The maximum Gasteiger partial charge on any atom is 0.417 e. The zero-order valence-electron chi connectivity index (χ0n) is 11.4. The molecule has 1 N–H and O–H groups in total. The van der Waals surface area contributed by atoms with Crippen LogP contribution in [0.3, 0.4) is 0 Å². The fraction of sp³-hybridized carbons (Fsp3) is 0.500. The van der Waals surface area contributed by atoms with E-state index in [4.69, 9.17) is 4.74 Å². The topological polar surface area (TPSA) is 79.8 Å². The van der Waals surface area contributed by atoms with Crippen molar-refractivity contribution >= 4 is 0 Å². The highest BCUT2D eigenvalue weighted by molar-refractivity contribution is 5.22. The highest BCUT2D eigenvalue weighted by Gasteiger charge is 2.32. The van der Waals surface area contributed by atoms with Crippen LogP contribution >= 0.6 is 0 Å². The van der Waals surface area contributed by atoms with Gasteiger partial charge in [-0.05, 0) is 22.6 Å². The largest absolute Gasteiger partial charge is 0.417 e. The van der Waals surface area contributed by atoms with Crippen molar-refractivity contribution < 1.29 is 17.9 Å². The molecule has 3 rings (SSSR count). The van der Waals surface area contributed by atoms with Gasteiger partial charge >= 0.3 is 6.18 Å². The Morgan fingerprint density at radius 2 is 2.00 bits per heavy atom. The Balaban J connectivity index is 1.92. The molecule has 1 atom stereocenters. The third-order valence-electron chi connectivity index (χ3n) is 3.43. The first kappa shape index (κ1) is 14.9. The molecule has 0 radical (unpaired) electrons. The number of pyridine rings is 1. The molecule has 0 bridgehead atoms. The van der Waals surface area contributed by atoms with Crippen molar-refractivity contribution in [1.29, 1.82) is 0 Å². The number of morpholine rings is 1. The van der Waals surface area contributed by atoms with Gasteiger partial charge in [0.2, 0.25) is 0 Å². The second kappa shape index (κ2) is 5.97. The first-order valence-corrected chi connectivity index (χ1v) is 6.64. The smallest absolute Gasteiger partial charge is 0.379 e. The third kappa shape index (κ3) is 3.07. The van der Waals surface area contributed by atoms with Gasteiger partial charge in [0, 0.05) is 19.3 Å². The van der Waals surface area contributed by atoms with Gasteiger partial charge in [0.05, 0.1) is 24.5 Å². The van der Waals surface area contributed by atoms with E-state index in [9.17, 15) is 13.2 Å². The Bertz CT molecular complexity index is 594. The van der Waals surface area contributed by atoms with Gasteiger partial charge in [0.1, 0.15) is 6.04 Å². The molecule has 1 aliphatic heterocycles.